The molecule has 0 spiro atoms. The maximum atomic E-state index is 12.8. The molecule has 6 nitrogen and oxygen atoms in total. The summed E-state index contributed by atoms with van der Waals surface area (Å²) in [5, 5.41) is 0. The van der Waals surface area contributed by atoms with Crippen LogP contribution in [0.15, 0.2) is 85.1 Å². The summed E-state index contributed by atoms with van der Waals surface area (Å²) in [7, 11) is 0. The van der Waals surface area contributed by atoms with Crippen molar-refractivity contribution in [2.45, 2.75) is 284 Å². The highest BCUT2D eigenvalue weighted by Gasteiger charge is 2.19. The molecule has 0 rings (SSSR count). The smallest absolute Gasteiger partial charge is 0.306 e. The van der Waals surface area contributed by atoms with Gasteiger partial charge in [0.2, 0.25) is 0 Å². The van der Waals surface area contributed by atoms with E-state index < -0.39 is 6.10 Å². The van der Waals surface area contributed by atoms with Crippen molar-refractivity contribution >= 4 is 17.9 Å². The molecule has 0 aromatic rings. The predicted octanol–water partition coefficient (Wildman–Crippen LogP) is 19.5. The molecule has 0 aliphatic heterocycles. The van der Waals surface area contributed by atoms with Gasteiger partial charge < -0.3 is 14.2 Å². The van der Waals surface area contributed by atoms with Crippen molar-refractivity contribution in [3.05, 3.63) is 85.1 Å². The van der Waals surface area contributed by atoms with Crippen molar-refractivity contribution in [2.75, 3.05) is 13.2 Å². The van der Waals surface area contributed by atoms with E-state index in [1.54, 1.807) is 0 Å². The molecular weight excluding hydrogens is 853 g/mol. The summed E-state index contributed by atoms with van der Waals surface area (Å²) in [5.41, 5.74) is 0. The second-order valence-corrected chi connectivity index (χ2v) is 19.2. The monoisotopic (exact) mass is 961 g/mol. The van der Waals surface area contributed by atoms with Gasteiger partial charge in [-0.3, -0.25) is 14.4 Å². The number of allylic oxidation sites excluding steroid dienone is 14. The topological polar surface area (TPSA) is 78.9 Å². The quantitative estimate of drug-likeness (QED) is 0.0199. The lowest BCUT2D eigenvalue weighted by atomic mass is 10.0. The van der Waals surface area contributed by atoms with E-state index in [-0.39, 0.29) is 37.5 Å². The van der Waals surface area contributed by atoms with Crippen molar-refractivity contribution < 1.29 is 28.6 Å². The fraction of sp³-hybridized carbons (Fsp3) is 0.730. The van der Waals surface area contributed by atoms with Gasteiger partial charge in [0.1, 0.15) is 13.2 Å². The molecule has 0 aliphatic carbocycles. The predicted molar refractivity (Wildman–Crippen MR) is 297 cm³/mol. The van der Waals surface area contributed by atoms with Gasteiger partial charge in [-0.05, 0) is 83.5 Å². The van der Waals surface area contributed by atoms with Gasteiger partial charge in [0, 0.05) is 19.3 Å². The van der Waals surface area contributed by atoms with Gasteiger partial charge in [-0.2, -0.15) is 0 Å². The van der Waals surface area contributed by atoms with Crippen molar-refractivity contribution in [3.8, 4) is 0 Å². The molecule has 0 aromatic heterocycles. The van der Waals surface area contributed by atoms with E-state index in [0.29, 0.717) is 19.3 Å². The van der Waals surface area contributed by atoms with Gasteiger partial charge in [-0.15, -0.1) is 0 Å². The SMILES string of the molecule is CC/C=C\C/C=C\C/C=C\C/C=C\C/C=C\CCCC(=O)OC(COC(=O)CCCCCCCC/C=C\C=C/CCCCC)COC(=O)CCCCCCCCCCCCCCCCCCCCC. The van der Waals surface area contributed by atoms with E-state index in [1.165, 1.54) is 148 Å². The van der Waals surface area contributed by atoms with E-state index in [2.05, 4.69) is 106 Å². The summed E-state index contributed by atoms with van der Waals surface area (Å²) in [4.78, 5) is 38.2. The summed E-state index contributed by atoms with van der Waals surface area (Å²) in [6.07, 6.45) is 74.4. The molecule has 69 heavy (non-hydrogen) atoms. The number of hydrogen-bond acceptors (Lipinski definition) is 6. The number of hydrogen-bond donors (Lipinski definition) is 0. The van der Waals surface area contributed by atoms with Crippen LogP contribution >= 0.6 is 0 Å². The summed E-state index contributed by atoms with van der Waals surface area (Å²) in [6.45, 7) is 6.46. The Morgan fingerprint density at radius 2 is 0.623 bits per heavy atom. The number of esters is 3. The zero-order valence-electron chi connectivity index (χ0n) is 45.3. The molecule has 6 heteroatoms. The molecule has 0 N–H and O–H groups in total. The van der Waals surface area contributed by atoms with E-state index >= 15 is 0 Å². The van der Waals surface area contributed by atoms with E-state index in [4.69, 9.17) is 14.2 Å². The third-order valence-electron chi connectivity index (χ3n) is 12.4. The van der Waals surface area contributed by atoms with E-state index in [9.17, 15) is 14.4 Å². The fourth-order valence-electron chi connectivity index (χ4n) is 8.06. The molecule has 0 saturated heterocycles. The summed E-state index contributed by atoms with van der Waals surface area (Å²) in [5.74, 6) is -0.964. The molecule has 1 unspecified atom stereocenters. The lowest BCUT2D eigenvalue weighted by Gasteiger charge is -2.18. The van der Waals surface area contributed by atoms with Gasteiger partial charge in [0.15, 0.2) is 6.10 Å². The first kappa shape index (κ1) is 65.6. The Kier molecular flexibility index (Phi) is 54.3. The first-order valence-electron chi connectivity index (χ1n) is 29.1. The lowest BCUT2D eigenvalue weighted by molar-refractivity contribution is -0.167. The molecule has 0 amide bonds. The van der Waals surface area contributed by atoms with Crippen molar-refractivity contribution in [3.63, 3.8) is 0 Å². The Balaban J connectivity index is 4.45. The number of unbranched alkanes of at least 4 members (excludes halogenated alkanes) is 28. The fourth-order valence-corrected chi connectivity index (χ4v) is 8.06. The maximum absolute atomic E-state index is 12.8. The Bertz CT molecular complexity index is 1330. The van der Waals surface area contributed by atoms with Crippen LogP contribution in [0.3, 0.4) is 0 Å². The molecule has 0 fully saturated rings. The van der Waals surface area contributed by atoms with Gasteiger partial charge >= 0.3 is 17.9 Å². The highest BCUT2D eigenvalue weighted by molar-refractivity contribution is 5.71. The van der Waals surface area contributed by atoms with Crippen molar-refractivity contribution in [1.29, 1.82) is 0 Å². The van der Waals surface area contributed by atoms with Crippen LogP contribution in [0.2, 0.25) is 0 Å². The normalized spacial score (nSPS) is 12.7. The second kappa shape index (κ2) is 57.2. The molecule has 0 aliphatic rings. The Labute approximate surface area is 426 Å². The Hall–Kier alpha value is -3.41. The maximum Gasteiger partial charge on any atom is 0.306 e. The lowest BCUT2D eigenvalue weighted by Crippen LogP contribution is -2.30. The molecule has 396 valence electrons. The molecular formula is C63H108O6. The zero-order chi connectivity index (χ0) is 50.0. The summed E-state index contributed by atoms with van der Waals surface area (Å²) >= 11 is 0. The van der Waals surface area contributed by atoms with Crippen molar-refractivity contribution in [1.82, 2.24) is 0 Å². The van der Waals surface area contributed by atoms with Gasteiger partial charge in [-0.25, -0.2) is 0 Å². The molecule has 0 aromatic carbocycles. The minimum Gasteiger partial charge on any atom is -0.462 e. The average molecular weight is 962 g/mol. The summed E-state index contributed by atoms with van der Waals surface area (Å²) < 4.78 is 16.8. The molecule has 0 radical (unpaired) electrons. The van der Waals surface area contributed by atoms with Gasteiger partial charge in [0.05, 0.1) is 0 Å². The average Bonchev–Trinajstić information content (AvgIpc) is 3.35. The summed E-state index contributed by atoms with van der Waals surface area (Å²) in [6, 6.07) is 0. The van der Waals surface area contributed by atoms with Gasteiger partial charge in [0.25, 0.3) is 0 Å². The minimum absolute atomic E-state index is 0.101. The molecule has 0 heterocycles. The van der Waals surface area contributed by atoms with Crippen LogP contribution in [0.4, 0.5) is 0 Å². The second-order valence-electron chi connectivity index (χ2n) is 19.2. The number of ether oxygens (including phenoxy) is 3. The zero-order valence-corrected chi connectivity index (χ0v) is 45.3. The minimum atomic E-state index is -0.810. The number of carbonyl (C=O) groups excluding carboxylic acids is 3. The Morgan fingerprint density at radius 3 is 1.03 bits per heavy atom. The highest BCUT2D eigenvalue weighted by atomic mass is 16.6. The van der Waals surface area contributed by atoms with Crippen LogP contribution in [0.1, 0.15) is 278 Å². The molecule has 1 atom stereocenters. The third kappa shape index (κ3) is 55.4. The van der Waals surface area contributed by atoms with Gasteiger partial charge in [-0.1, -0.05) is 260 Å². The Morgan fingerprint density at radius 1 is 0.319 bits per heavy atom. The highest BCUT2D eigenvalue weighted by Crippen LogP contribution is 2.16. The van der Waals surface area contributed by atoms with Crippen molar-refractivity contribution in [2.24, 2.45) is 0 Å². The van der Waals surface area contributed by atoms with Crippen LogP contribution in [-0.2, 0) is 28.6 Å². The largest absolute Gasteiger partial charge is 0.462 e. The first-order chi connectivity index (χ1) is 34.0. The van der Waals surface area contributed by atoms with Crippen LogP contribution in [0, 0.1) is 0 Å². The van der Waals surface area contributed by atoms with E-state index in [1.807, 2.05) is 0 Å². The molecule has 0 saturated carbocycles. The number of carbonyl (C=O) groups is 3. The third-order valence-corrected chi connectivity index (χ3v) is 12.4. The first-order valence-corrected chi connectivity index (χ1v) is 29.1. The van der Waals surface area contributed by atoms with Crippen LogP contribution < -0.4 is 0 Å². The van der Waals surface area contributed by atoms with E-state index in [0.717, 1.165) is 83.5 Å². The van der Waals surface area contributed by atoms with Crippen LogP contribution in [-0.4, -0.2) is 37.2 Å². The standard InChI is InChI=1S/C63H108O6/c1-4-7-10-13-16-19-22-25-28-30-31-33-35-38-41-44-47-50-53-56-62(65)68-59-60(58-67-61(64)55-52-49-46-43-40-37-34-27-24-21-18-15-12-9-6-3)69-63(66)57-54-51-48-45-42-39-36-32-29-26-23-20-17-14-11-8-5-2/h8,11,17-18,20-21,24,26-27,29,36,39,45,48,60H,4-7,9-10,12-16,19,22-23,25,28,30-35,37-38,40-44,46-47,49-59H2,1-3H3/b11-8-,20-17-,21-18-,27-24-,29-26-,39-36-,48-45-. The van der Waals surface area contributed by atoms with Crippen LogP contribution in [0.25, 0.3) is 0 Å². The number of rotatable bonds is 52. The molecule has 0 bridgehead atoms. The van der Waals surface area contributed by atoms with Crippen LogP contribution in [0.5, 0.6) is 0 Å².